The molecule has 0 aromatic heterocycles. The quantitative estimate of drug-likeness (QED) is 0.703. The van der Waals surface area contributed by atoms with Crippen molar-refractivity contribution < 1.29 is 23.4 Å². The molecule has 1 saturated carbocycles. The smallest absolute Gasteiger partial charge is 0.335 e. The Bertz CT molecular complexity index is 580. The van der Waals surface area contributed by atoms with Gasteiger partial charge in [-0.1, -0.05) is 6.07 Å². The predicted molar refractivity (Wildman–Crippen MR) is 67.3 cm³/mol. The fraction of sp³-hybridized carbons (Fsp3) is 0.417. The number of carboxylic acids is 1. The van der Waals surface area contributed by atoms with Gasteiger partial charge in [-0.3, -0.25) is 0 Å². The minimum Gasteiger partial charge on any atom is -0.478 e. The van der Waals surface area contributed by atoms with Crippen molar-refractivity contribution in [1.82, 2.24) is 4.72 Å². The number of aromatic carboxylic acids is 1. The third-order valence-electron chi connectivity index (χ3n) is 3.09. The molecule has 0 bridgehead atoms. The Labute approximate surface area is 111 Å². The average Bonchev–Trinajstić information content (AvgIpc) is 3.20. The molecule has 1 aliphatic rings. The monoisotopic (exact) mass is 285 g/mol. The van der Waals surface area contributed by atoms with Gasteiger partial charge in [0.15, 0.2) is 0 Å². The molecule has 0 amide bonds. The number of carboxylic acid groups (broad SMARTS) is 1. The Kier molecular flexibility index (Phi) is 3.88. The molecule has 1 aromatic rings. The fourth-order valence-corrected chi connectivity index (χ4v) is 3.19. The van der Waals surface area contributed by atoms with Crippen LogP contribution in [-0.2, 0) is 10.0 Å². The van der Waals surface area contributed by atoms with Gasteiger partial charge in [0.1, 0.15) is 0 Å². The molecule has 1 aromatic carbocycles. The molecule has 1 aliphatic carbocycles. The van der Waals surface area contributed by atoms with Crippen LogP contribution in [0.1, 0.15) is 23.2 Å². The van der Waals surface area contributed by atoms with Crippen LogP contribution in [0.5, 0.6) is 0 Å². The zero-order valence-electron chi connectivity index (χ0n) is 10.1. The first kappa shape index (κ1) is 14.0. The van der Waals surface area contributed by atoms with Crippen LogP contribution in [0, 0.1) is 5.92 Å². The topological polar surface area (TPSA) is 104 Å². The van der Waals surface area contributed by atoms with E-state index in [4.69, 9.17) is 10.2 Å². The SMILES string of the molecule is O=C(O)c1cccc(S(=O)(=O)NC(CO)C2CC2)c1. The van der Waals surface area contributed by atoms with Crippen molar-refractivity contribution in [3.05, 3.63) is 29.8 Å². The first-order valence-corrected chi connectivity index (χ1v) is 7.39. The molecular weight excluding hydrogens is 270 g/mol. The highest BCUT2D eigenvalue weighted by molar-refractivity contribution is 7.89. The highest BCUT2D eigenvalue weighted by Gasteiger charge is 2.33. The second-order valence-corrected chi connectivity index (χ2v) is 6.29. The molecule has 2 rings (SSSR count). The summed E-state index contributed by atoms with van der Waals surface area (Å²) < 4.78 is 26.6. The number of aliphatic hydroxyl groups excluding tert-OH is 1. The standard InChI is InChI=1S/C12H15NO5S/c14-7-11(8-4-5-8)13-19(17,18)10-3-1-2-9(6-10)12(15)16/h1-3,6,8,11,13-14H,4-5,7H2,(H,15,16). The predicted octanol–water partition coefficient (Wildman–Crippen LogP) is 0.434. The van der Waals surface area contributed by atoms with E-state index in [-0.39, 0.29) is 23.0 Å². The Hall–Kier alpha value is -1.44. The van der Waals surface area contributed by atoms with Crippen LogP contribution >= 0.6 is 0 Å². The summed E-state index contributed by atoms with van der Waals surface area (Å²) >= 11 is 0. The van der Waals surface area contributed by atoms with E-state index in [1.165, 1.54) is 18.2 Å². The van der Waals surface area contributed by atoms with Crippen molar-refractivity contribution in [3.8, 4) is 0 Å². The second-order valence-electron chi connectivity index (χ2n) is 4.58. The van der Waals surface area contributed by atoms with E-state index < -0.39 is 22.0 Å². The van der Waals surface area contributed by atoms with E-state index in [0.717, 1.165) is 18.9 Å². The molecule has 0 aliphatic heterocycles. The Morgan fingerprint density at radius 2 is 2.11 bits per heavy atom. The first-order chi connectivity index (χ1) is 8.94. The minimum atomic E-state index is -3.81. The van der Waals surface area contributed by atoms with Crippen molar-refractivity contribution in [2.75, 3.05) is 6.61 Å². The van der Waals surface area contributed by atoms with Crippen molar-refractivity contribution in [2.24, 2.45) is 5.92 Å². The van der Waals surface area contributed by atoms with E-state index in [2.05, 4.69) is 4.72 Å². The van der Waals surface area contributed by atoms with Crippen LogP contribution in [0.25, 0.3) is 0 Å². The van der Waals surface area contributed by atoms with Gasteiger partial charge in [0.05, 0.1) is 17.1 Å². The molecule has 7 heteroatoms. The summed E-state index contributed by atoms with van der Waals surface area (Å²) in [6.07, 6.45) is 1.78. The summed E-state index contributed by atoms with van der Waals surface area (Å²) in [6, 6.07) is 4.63. The van der Waals surface area contributed by atoms with Crippen LogP contribution in [0.4, 0.5) is 0 Å². The molecule has 6 nitrogen and oxygen atoms in total. The Morgan fingerprint density at radius 1 is 1.42 bits per heavy atom. The van der Waals surface area contributed by atoms with Crippen molar-refractivity contribution >= 4 is 16.0 Å². The fourth-order valence-electron chi connectivity index (χ4n) is 1.84. The van der Waals surface area contributed by atoms with Gasteiger partial charge in [0.25, 0.3) is 0 Å². The number of benzene rings is 1. The summed E-state index contributed by atoms with van der Waals surface area (Å²) in [5.74, 6) is -1.01. The third-order valence-corrected chi connectivity index (χ3v) is 4.57. The van der Waals surface area contributed by atoms with Gasteiger partial charge < -0.3 is 10.2 Å². The average molecular weight is 285 g/mol. The molecule has 3 N–H and O–H groups in total. The molecule has 1 unspecified atom stereocenters. The molecule has 0 radical (unpaired) electrons. The highest BCUT2D eigenvalue weighted by Crippen LogP contribution is 2.33. The van der Waals surface area contributed by atoms with Crippen molar-refractivity contribution in [1.29, 1.82) is 0 Å². The molecule has 19 heavy (non-hydrogen) atoms. The van der Waals surface area contributed by atoms with Crippen molar-refractivity contribution in [2.45, 2.75) is 23.8 Å². The van der Waals surface area contributed by atoms with Gasteiger partial charge in [0, 0.05) is 6.04 Å². The van der Waals surface area contributed by atoms with E-state index in [1.54, 1.807) is 0 Å². The van der Waals surface area contributed by atoms with E-state index in [0.29, 0.717) is 0 Å². The van der Waals surface area contributed by atoms with Gasteiger partial charge in [0.2, 0.25) is 10.0 Å². The first-order valence-electron chi connectivity index (χ1n) is 5.90. The van der Waals surface area contributed by atoms with E-state index in [9.17, 15) is 13.2 Å². The zero-order chi connectivity index (χ0) is 14.0. The molecule has 1 fully saturated rings. The third kappa shape index (κ3) is 3.31. The Balaban J connectivity index is 2.23. The summed E-state index contributed by atoms with van der Waals surface area (Å²) in [5.41, 5.74) is -0.0881. The van der Waals surface area contributed by atoms with Crippen LogP contribution in [0.3, 0.4) is 0 Å². The van der Waals surface area contributed by atoms with Gasteiger partial charge >= 0.3 is 5.97 Å². The van der Waals surface area contributed by atoms with Gasteiger partial charge in [-0.2, -0.15) is 0 Å². The number of rotatable bonds is 6. The summed E-state index contributed by atoms with van der Waals surface area (Å²) in [7, 11) is -3.81. The van der Waals surface area contributed by atoms with E-state index >= 15 is 0 Å². The van der Waals surface area contributed by atoms with Gasteiger partial charge in [-0.25, -0.2) is 17.9 Å². The molecule has 0 heterocycles. The molecule has 1 atom stereocenters. The van der Waals surface area contributed by atoms with Gasteiger partial charge in [-0.05, 0) is 37.0 Å². The lowest BCUT2D eigenvalue weighted by atomic mass is 10.2. The van der Waals surface area contributed by atoms with Crippen LogP contribution in [0.15, 0.2) is 29.2 Å². The lowest BCUT2D eigenvalue weighted by Gasteiger charge is -2.15. The zero-order valence-corrected chi connectivity index (χ0v) is 10.9. The van der Waals surface area contributed by atoms with Crippen LogP contribution in [-0.4, -0.2) is 37.2 Å². The summed E-state index contributed by atoms with van der Waals surface area (Å²) in [5, 5.41) is 18.0. The normalized spacial score (nSPS) is 17.1. The number of sulfonamides is 1. The summed E-state index contributed by atoms with van der Waals surface area (Å²) in [4.78, 5) is 10.7. The molecule has 0 saturated heterocycles. The molecule has 0 spiro atoms. The summed E-state index contributed by atoms with van der Waals surface area (Å²) in [6.45, 7) is -0.261. The number of hydrogen-bond donors (Lipinski definition) is 3. The minimum absolute atomic E-state index is 0.0881. The lowest BCUT2D eigenvalue weighted by molar-refractivity contribution is 0.0696. The van der Waals surface area contributed by atoms with Crippen molar-refractivity contribution in [3.63, 3.8) is 0 Å². The second kappa shape index (κ2) is 5.28. The highest BCUT2D eigenvalue weighted by atomic mass is 32.2. The maximum Gasteiger partial charge on any atom is 0.335 e. The number of nitrogens with one attached hydrogen (secondary N) is 1. The van der Waals surface area contributed by atoms with E-state index in [1.807, 2.05) is 0 Å². The van der Waals surface area contributed by atoms with Crippen LogP contribution < -0.4 is 4.72 Å². The Morgan fingerprint density at radius 3 is 2.63 bits per heavy atom. The van der Waals surface area contributed by atoms with Crippen LogP contribution in [0.2, 0.25) is 0 Å². The molecular formula is C12H15NO5S. The molecule has 104 valence electrons. The van der Waals surface area contributed by atoms with Gasteiger partial charge in [-0.15, -0.1) is 0 Å². The number of aliphatic hydroxyl groups is 1. The number of hydrogen-bond acceptors (Lipinski definition) is 4. The largest absolute Gasteiger partial charge is 0.478 e. The lowest BCUT2D eigenvalue weighted by Crippen LogP contribution is -2.39. The maximum atomic E-state index is 12.1. The number of carbonyl (C=O) groups is 1. The maximum absolute atomic E-state index is 12.1.